The predicted molar refractivity (Wildman–Crippen MR) is 128 cm³/mol. The average molecular weight is 504 g/mol. The Balaban J connectivity index is 1.66. The third-order valence-electron chi connectivity index (χ3n) is 5.82. The normalized spacial score (nSPS) is 19.9. The maximum Gasteiger partial charge on any atom is 0.324 e. The van der Waals surface area contributed by atoms with E-state index in [2.05, 4.69) is 5.10 Å². The van der Waals surface area contributed by atoms with Crippen LogP contribution in [0.5, 0.6) is 0 Å². The zero-order valence-electron chi connectivity index (χ0n) is 19.4. The lowest BCUT2D eigenvalue weighted by Crippen LogP contribution is -2.50. The summed E-state index contributed by atoms with van der Waals surface area (Å²) < 4.78 is 25.9. The number of ketones is 1. The molecule has 1 aliphatic heterocycles. The van der Waals surface area contributed by atoms with Gasteiger partial charge in [0.2, 0.25) is 0 Å². The molecule has 35 heavy (non-hydrogen) atoms. The average Bonchev–Trinajstić information content (AvgIpc) is 3.17. The molecule has 1 aliphatic rings. The molecule has 0 aliphatic carbocycles. The molecule has 1 saturated heterocycles. The summed E-state index contributed by atoms with van der Waals surface area (Å²) in [4.78, 5) is 30.2. The summed E-state index contributed by atoms with van der Waals surface area (Å²) in [6, 6.07) is 11.6. The van der Waals surface area contributed by atoms with Gasteiger partial charge in [0.25, 0.3) is 10.0 Å². The monoisotopic (exact) mass is 503 g/mol. The second-order valence-electron chi connectivity index (χ2n) is 8.42. The molecule has 2 aromatic rings. The number of carbonyl (C=O) groups excluding carboxylic acids is 1. The number of hydroxylamine groups is 2. The number of aliphatic carboxylic acids is 1. The smallest absolute Gasteiger partial charge is 0.324 e. The molecule has 3 rings (SSSR count). The Labute approximate surface area is 203 Å². The Morgan fingerprint density at radius 1 is 1.29 bits per heavy atom. The quantitative estimate of drug-likeness (QED) is 0.246. The fraction of sp³-hybridized carbons (Fsp3) is 0.348. The Kier molecular flexibility index (Phi) is 8.35. The van der Waals surface area contributed by atoms with Gasteiger partial charge in [0.1, 0.15) is 11.8 Å². The molecule has 1 fully saturated rings. The van der Waals surface area contributed by atoms with Crippen LogP contribution in [0.2, 0.25) is 0 Å². The van der Waals surface area contributed by atoms with Crippen molar-refractivity contribution >= 4 is 28.0 Å². The number of hydrogen-bond donors (Lipinski definition) is 3. The fourth-order valence-electron chi connectivity index (χ4n) is 4.01. The molecular formula is C23H29N5O6S. The summed E-state index contributed by atoms with van der Waals surface area (Å²) in [6.07, 6.45) is 0.868. The maximum absolute atomic E-state index is 12.8. The SMILES string of the molecule is Cc1cccc(S(=O)(=O)N(N)[C@@H](CC(=O)C[C@@H]2C[C@H](c3ccc(C=NN)cc3)N(C)O2)C(=O)O)c1. The van der Waals surface area contributed by atoms with Gasteiger partial charge in [-0.2, -0.15) is 10.2 Å². The fourth-order valence-corrected chi connectivity index (χ4v) is 5.34. The van der Waals surface area contributed by atoms with Gasteiger partial charge in [0.05, 0.1) is 23.3 Å². The first kappa shape index (κ1) is 26.4. The molecule has 11 nitrogen and oxygen atoms in total. The topological polar surface area (TPSA) is 169 Å². The van der Waals surface area contributed by atoms with Crippen LogP contribution in [0.15, 0.2) is 58.5 Å². The number of Topliss-reactive ketones (excluding diaryl/α,β-unsaturated/α-hetero) is 1. The molecule has 1 heterocycles. The number of aryl methyl sites for hydroxylation is 1. The largest absolute Gasteiger partial charge is 0.480 e. The van der Waals surface area contributed by atoms with Crippen molar-refractivity contribution in [3.05, 3.63) is 65.2 Å². The van der Waals surface area contributed by atoms with Crippen molar-refractivity contribution in [2.45, 2.75) is 49.3 Å². The third kappa shape index (κ3) is 6.29. The van der Waals surface area contributed by atoms with Gasteiger partial charge >= 0.3 is 5.97 Å². The van der Waals surface area contributed by atoms with Gasteiger partial charge in [-0.25, -0.2) is 8.42 Å². The van der Waals surface area contributed by atoms with E-state index in [1.807, 2.05) is 24.3 Å². The number of nitrogens with two attached hydrogens (primary N) is 2. The van der Waals surface area contributed by atoms with Crippen molar-refractivity contribution in [1.82, 2.24) is 9.48 Å². The summed E-state index contributed by atoms with van der Waals surface area (Å²) in [7, 11) is -2.57. The van der Waals surface area contributed by atoms with Crippen LogP contribution in [-0.4, -0.2) is 60.2 Å². The molecular weight excluding hydrogens is 474 g/mol. The van der Waals surface area contributed by atoms with Crippen LogP contribution in [-0.2, 0) is 24.4 Å². The lowest BCUT2D eigenvalue weighted by Gasteiger charge is -2.23. The highest BCUT2D eigenvalue weighted by Crippen LogP contribution is 2.34. The Bertz CT molecular complexity index is 1200. The van der Waals surface area contributed by atoms with Crippen LogP contribution in [0, 0.1) is 6.92 Å². The molecule has 0 spiro atoms. The van der Waals surface area contributed by atoms with Crippen LogP contribution >= 0.6 is 0 Å². The molecule has 3 atom stereocenters. The Hall–Kier alpha value is -3.16. The van der Waals surface area contributed by atoms with E-state index >= 15 is 0 Å². The third-order valence-corrected chi connectivity index (χ3v) is 7.48. The van der Waals surface area contributed by atoms with E-state index in [0.717, 1.165) is 11.1 Å². The summed E-state index contributed by atoms with van der Waals surface area (Å²) >= 11 is 0. The number of hydrogen-bond acceptors (Lipinski definition) is 9. The summed E-state index contributed by atoms with van der Waals surface area (Å²) in [5, 5.41) is 14.8. The van der Waals surface area contributed by atoms with Gasteiger partial charge < -0.3 is 10.9 Å². The minimum absolute atomic E-state index is 0.0825. The minimum atomic E-state index is -4.32. The number of sulfonamides is 1. The van der Waals surface area contributed by atoms with Crippen molar-refractivity contribution in [2.75, 3.05) is 7.05 Å². The van der Waals surface area contributed by atoms with Crippen LogP contribution in [0.25, 0.3) is 0 Å². The van der Waals surface area contributed by atoms with Gasteiger partial charge in [-0.3, -0.25) is 20.3 Å². The van der Waals surface area contributed by atoms with E-state index in [1.165, 1.54) is 24.4 Å². The number of rotatable bonds is 10. The van der Waals surface area contributed by atoms with E-state index < -0.39 is 40.3 Å². The lowest BCUT2D eigenvalue weighted by atomic mass is 9.97. The zero-order chi connectivity index (χ0) is 25.8. The van der Waals surface area contributed by atoms with Crippen molar-refractivity contribution in [1.29, 1.82) is 0 Å². The molecule has 0 amide bonds. The van der Waals surface area contributed by atoms with E-state index in [9.17, 15) is 23.1 Å². The summed E-state index contributed by atoms with van der Waals surface area (Å²) in [6.45, 7) is 1.70. The van der Waals surface area contributed by atoms with Gasteiger partial charge in [-0.15, -0.1) is 4.41 Å². The highest BCUT2D eigenvalue weighted by Gasteiger charge is 2.38. The van der Waals surface area contributed by atoms with Crippen LogP contribution in [0.3, 0.4) is 0 Å². The number of hydrazone groups is 1. The van der Waals surface area contributed by atoms with E-state index in [0.29, 0.717) is 12.0 Å². The minimum Gasteiger partial charge on any atom is -0.480 e. The number of carbonyl (C=O) groups is 2. The molecule has 5 N–H and O–H groups in total. The van der Waals surface area contributed by atoms with Gasteiger partial charge in [0, 0.05) is 19.9 Å². The second kappa shape index (κ2) is 11.1. The van der Waals surface area contributed by atoms with Crippen molar-refractivity contribution < 1.29 is 28.0 Å². The van der Waals surface area contributed by atoms with E-state index in [1.54, 1.807) is 25.1 Å². The van der Waals surface area contributed by atoms with Gasteiger partial charge in [-0.1, -0.05) is 36.4 Å². The predicted octanol–water partition coefficient (Wildman–Crippen LogP) is 1.33. The molecule has 0 radical (unpaired) electrons. The number of hydrazine groups is 1. The van der Waals surface area contributed by atoms with Crippen LogP contribution in [0.1, 0.15) is 42.0 Å². The molecule has 0 aromatic heterocycles. The van der Waals surface area contributed by atoms with Crippen molar-refractivity contribution in [2.24, 2.45) is 16.8 Å². The molecule has 0 saturated carbocycles. The van der Waals surface area contributed by atoms with Crippen LogP contribution in [0.4, 0.5) is 0 Å². The second-order valence-corrected chi connectivity index (χ2v) is 10.3. The first-order valence-corrected chi connectivity index (χ1v) is 12.3. The molecule has 0 unspecified atom stereocenters. The first-order chi connectivity index (χ1) is 16.5. The molecule has 188 valence electrons. The van der Waals surface area contributed by atoms with E-state index in [-0.39, 0.29) is 21.8 Å². The van der Waals surface area contributed by atoms with E-state index in [4.69, 9.17) is 16.5 Å². The van der Waals surface area contributed by atoms with Crippen LogP contribution < -0.4 is 11.7 Å². The highest BCUT2D eigenvalue weighted by molar-refractivity contribution is 7.89. The zero-order valence-corrected chi connectivity index (χ0v) is 20.3. The molecule has 12 heteroatoms. The molecule has 0 bridgehead atoms. The van der Waals surface area contributed by atoms with Gasteiger partial charge in [0.15, 0.2) is 0 Å². The summed E-state index contributed by atoms with van der Waals surface area (Å²) in [5.74, 6) is 8.93. The first-order valence-electron chi connectivity index (χ1n) is 10.9. The maximum atomic E-state index is 12.8. The van der Waals surface area contributed by atoms with Crippen molar-refractivity contribution in [3.8, 4) is 0 Å². The number of nitrogens with zero attached hydrogens (tertiary/aromatic N) is 3. The number of carboxylic acid groups (broad SMARTS) is 1. The number of carboxylic acids is 1. The Morgan fingerprint density at radius 2 is 1.97 bits per heavy atom. The lowest BCUT2D eigenvalue weighted by molar-refractivity contribution is -0.153. The number of benzene rings is 2. The van der Waals surface area contributed by atoms with Crippen molar-refractivity contribution in [3.63, 3.8) is 0 Å². The Morgan fingerprint density at radius 3 is 2.57 bits per heavy atom. The standard InChI is InChI=1S/C23H29N5O6S/c1-15-4-3-5-20(10-15)35(32,33)28(25)22(23(30)31)12-18(29)11-19-13-21(27(2)34-19)17-8-6-16(7-9-17)14-26-24/h3-10,14,19,21-22H,11-13,24-25H2,1-2H3,(H,30,31)/t19-,21-,22+/m1/s1. The van der Waals surface area contributed by atoms with Gasteiger partial charge in [-0.05, 0) is 42.2 Å². The highest BCUT2D eigenvalue weighted by atomic mass is 32.2. The summed E-state index contributed by atoms with van der Waals surface area (Å²) in [5.41, 5.74) is 2.48. The molecule has 2 aromatic carbocycles.